The van der Waals surface area contributed by atoms with E-state index in [0.29, 0.717) is 18.7 Å². The Labute approximate surface area is 120 Å². The van der Waals surface area contributed by atoms with Crippen LogP contribution in [0.25, 0.3) is 10.9 Å². The van der Waals surface area contributed by atoms with Gasteiger partial charge in [-0.1, -0.05) is 18.2 Å². The number of hydrogen-bond donors (Lipinski definition) is 4. The lowest BCUT2D eigenvalue weighted by atomic mass is 9.99. The van der Waals surface area contributed by atoms with Gasteiger partial charge in [0.25, 0.3) is 5.91 Å². The van der Waals surface area contributed by atoms with E-state index in [1.165, 1.54) is 0 Å². The molecule has 0 radical (unpaired) electrons. The summed E-state index contributed by atoms with van der Waals surface area (Å²) in [6, 6.07) is 6.88. The Bertz CT molecular complexity index is 642. The first-order valence-electron chi connectivity index (χ1n) is 6.85. The molecule has 1 aromatic heterocycles. The van der Waals surface area contributed by atoms with Gasteiger partial charge in [0.2, 0.25) is 0 Å². The highest BCUT2D eigenvalue weighted by atomic mass is 16.5. The summed E-state index contributed by atoms with van der Waals surface area (Å²) >= 11 is 0. The molecule has 0 spiro atoms. The average molecular weight is 291 g/mol. The van der Waals surface area contributed by atoms with Gasteiger partial charge < -0.3 is 20.3 Å². The van der Waals surface area contributed by atoms with Crippen LogP contribution in [0, 0.1) is 0 Å². The van der Waals surface area contributed by atoms with Gasteiger partial charge in [-0.2, -0.15) is 5.10 Å². The van der Waals surface area contributed by atoms with Gasteiger partial charge in [0.05, 0.1) is 18.2 Å². The van der Waals surface area contributed by atoms with Crippen molar-refractivity contribution in [1.29, 1.82) is 0 Å². The van der Waals surface area contributed by atoms with Crippen LogP contribution in [0.15, 0.2) is 24.3 Å². The molecule has 1 aliphatic heterocycles. The van der Waals surface area contributed by atoms with E-state index in [1.807, 2.05) is 24.3 Å². The molecule has 1 fully saturated rings. The number of aromatic nitrogens is 2. The first-order chi connectivity index (χ1) is 10.2. The molecule has 3 rings (SSSR count). The number of para-hydroxylation sites is 1. The van der Waals surface area contributed by atoms with Gasteiger partial charge in [-0.3, -0.25) is 9.89 Å². The van der Waals surface area contributed by atoms with Crippen molar-refractivity contribution in [3.63, 3.8) is 0 Å². The van der Waals surface area contributed by atoms with E-state index >= 15 is 0 Å². The maximum atomic E-state index is 12.3. The predicted octanol–water partition coefficient (Wildman–Crippen LogP) is -0.197. The summed E-state index contributed by atoms with van der Waals surface area (Å²) < 4.78 is 5.24. The molecule has 7 heteroatoms. The third-order valence-electron chi connectivity index (χ3n) is 3.74. The van der Waals surface area contributed by atoms with Gasteiger partial charge in [-0.15, -0.1) is 0 Å². The zero-order valence-electron chi connectivity index (χ0n) is 11.3. The summed E-state index contributed by atoms with van der Waals surface area (Å²) in [6.45, 7) is 0.105. The molecule has 1 aliphatic rings. The number of hydrogen-bond acceptors (Lipinski definition) is 5. The molecule has 21 heavy (non-hydrogen) atoms. The monoisotopic (exact) mass is 291 g/mol. The topological polar surface area (TPSA) is 107 Å². The van der Waals surface area contributed by atoms with E-state index < -0.39 is 18.2 Å². The molecular weight excluding hydrogens is 274 g/mol. The number of nitrogens with zero attached hydrogens (tertiary/aromatic N) is 1. The number of benzene rings is 1. The first kappa shape index (κ1) is 14.0. The Morgan fingerprint density at radius 3 is 3.10 bits per heavy atom. The maximum absolute atomic E-state index is 12.3. The third-order valence-corrected chi connectivity index (χ3v) is 3.74. The van der Waals surface area contributed by atoms with Crippen molar-refractivity contribution in [2.24, 2.45) is 0 Å². The van der Waals surface area contributed by atoms with Crippen LogP contribution in [0.1, 0.15) is 16.9 Å². The summed E-state index contributed by atoms with van der Waals surface area (Å²) in [5.41, 5.74) is 1.08. The van der Waals surface area contributed by atoms with Crippen LogP contribution in [0.3, 0.4) is 0 Å². The normalized spacial score (nSPS) is 25.9. The average Bonchev–Trinajstić information content (AvgIpc) is 2.93. The smallest absolute Gasteiger partial charge is 0.272 e. The quantitative estimate of drug-likeness (QED) is 0.626. The maximum Gasteiger partial charge on any atom is 0.272 e. The minimum atomic E-state index is -0.932. The number of amides is 1. The summed E-state index contributed by atoms with van der Waals surface area (Å²) in [5, 5.41) is 29.5. The summed E-state index contributed by atoms with van der Waals surface area (Å²) in [5.74, 6) is -0.352. The van der Waals surface area contributed by atoms with Crippen LogP contribution in [0.2, 0.25) is 0 Å². The fourth-order valence-corrected chi connectivity index (χ4v) is 2.57. The van der Waals surface area contributed by atoms with Crippen LogP contribution in [-0.2, 0) is 4.74 Å². The molecule has 1 saturated heterocycles. The number of H-pyrrole nitrogens is 1. The lowest BCUT2D eigenvalue weighted by Crippen LogP contribution is -2.54. The van der Waals surface area contributed by atoms with Crippen molar-refractivity contribution in [3.05, 3.63) is 30.0 Å². The second-order valence-corrected chi connectivity index (χ2v) is 5.07. The number of fused-ring (bicyclic) bond motifs is 1. The van der Waals surface area contributed by atoms with E-state index in [-0.39, 0.29) is 12.5 Å². The Hall–Kier alpha value is -1.96. The van der Waals surface area contributed by atoms with E-state index in [9.17, 15) is 9.90 Å². The molecule has 0 aliphatic carbocycles. The molecule has 1 amide bonds. The zero-order chi connectivity index (χ0) is 14.8. The third kappa shape index (κ3) is 2.63. The minimum Gasteiger partial charge on any atom is -0.394 e. The standard InChI is InChI=1S/C14H17N3O4/c18-7-11-13(19)10(5-6-21-11)15-14(20)12-8-3-1-2-4-9(8)16-17-12/h1-4,10-11,13,18-19H,5-7H2,(H,15,20)(H,16,17)/t10-,11+,13-/m0/s1. The number of aliphatic hydroxyl groups is 2. The lowest BCUT2D eigenvalue weighted by molar-refractivity contribution is -0.107. The fourth-order valence-electron chi connectivity index (χ4n) is 2.57. The number of carbonyl (C=O) groups excluding carboxylic acids is 1. The summed E-state index contributed by atoms with van der Waals surface area (Å²) in [4.78, 5) is 12.3. The Balaban J connectivity index is 1.77. The number of ether oxygens (including phenoxy) is 1. The second kappa shape index (κ2) is 5.80. The molecule has 0 bridgehead atoms. The minimum absolute atomic E-state index is 0.279. The molecule has 112 valence electrons. The van der Waals surface area contributed by atoms with Gasteiger partial charge in [-0.05, 0) is 12.5 Å². The number of rotatable bonds is 3. The van der Waals surface area contributed by atoms with Crippen LogP contribution < -0.4 is 5.32 Å². The molecule has 2 heterocycles. The largest absolute Gasteiger partial charge is 0.394 e. The number of carbonyl (C=O) groups is 1. The van der Waals surface area contributed by atoms with Crippen LogP contribution in [0.5, 0.6) is 0 Å². The van der Waals surface area contributed by atoms with Gasteiger partial charge >= 0.3 is 0 Å². The van der Waals surface area contributed by atoms with Crippen LogP contribution in [0.4, 0.5) is 0 Å². The molecule has 1 aromatic carbocycles. The summed E-state index contributed by atoms with van der Waals surface area (Å²) in [6.07, 6.45) is -1.11. The zero-order valence-corrected chi connectivity index (χ0v) is 11.3. The van der Waals surface area contributed by atoms with Gasteiger partial charge in [0.1, 0.15) is 12.2 Å². The van der Waals surface area contributed by atoms with E-state index in [0.717, 1.165) is 10.9 Å². The highest BCUT2D eigenvalue weighted by molar-refractivity contribution is 6.04. The van der Waals surface area contributed by atoms with E-state index in [2.05, 4.69) is 15.5 Å². The summed E-state index contributed by atoms with van der Waals surface area (Å²) in [7, 11) is 0. The Morgan fingerprint density at radius 1 is 1.48 bits per heavy atom. The molecule has 2 aromatic rings. The Morgan fingerprint density at radius 2 is 2.29 bits per heavy atom. The van der Waals surface area contributed by atoms with Crippen LogP contribution in [-0.4, -0.2) is 57.8 Å². The predicted molar refractivity (Wildman–Crippen MR) is 74.8 cm³/mol. The van der Waals surface area contributed by atoms with Gasteiger partial charge in [0, 0.05) is 12.0 Å². The van der Waals surface area contributed by atoms with Crippen molar-refractivity contribution in [2.75, 3.05) is 13.2 Å². The number of aliphatic hydroxyl groups excluding tert-OH is 2. The highest BCUT2D eigenvalue weighted by Crippen LogP contribution is 2.18. The second-order valence-electron chi connectivity index (χ2n) is 5.07. The first-order valence-corrected chi connectivity index (χ1v) is 6.85. The van der Waals surface area contributed by atoms with Gasteiger partial charge in [-0.25, -0.2) is 0 Å². The SMILES string of the molecule is O=C(N[C@H]1CCO[C@H](CO)[C@H]1O)c1n[nH]c2ccccc12. The van der Waals surface area contributed by atoms with Crippen molar-refractivity contribution in [2.45, 2.75) is 24.7 Å². The molecule has 0 unspecified atom stereocenters. The number of nitrogens with one attached hydrogen (secondary N) is 2. The molecule has 3 atom stereocenters. The fraction of sp³-hybridized carbons (Fsp3) is 0.429. The van der Waals surface area contributed by atoms with E-state index in [1.54, 1.807) is 0 Å². The van der Waals surface area contributed by atoms with E-state index in [4.69, 9.17) is 9.84 Å². The molecule has 0 saturated carbocycles. The highest BCUT2D eigenvalue weighted by Gasteiger charge is 2.33. The van der Waals surface area contributed by atoms with Crippen molar-refractivity contribution < 1.29 is 19.7 Å². The van der Waals surface area contributed by atoms with Gasteiger partial charge in [0.15, 0.2) is 5.69 Å². The number of aromatic amines is 1. The molecule has 4 N–H and O–H groups in total. The lowest BCUT2D eigenvalue weighted by Gasteiger charge is -2.34. The molecular formula is C14H17N3O4. The van der Waals surface area contributed by atoms with Crippen LogP contribution >= 0.6 is 0 Å². The Kier molecular flexibility index (Phi) is 3.87. The van der Waals surface area contributed by atoms with Crippen molar-refractivity contribution in [1.82, 2.24) is 15.5 Å². The molecule has 7 nitrogen and oxygen atoms in total. The van der Waals surface area contributed by atoms with Crippen molar-refractivity contribution in [3.8, 4) is 0 Å². The van der Waals surface area contributed by atoms with Crippen molar-refractivity contribution >= 4 is 16.8 Å².